The van der Waals surface area contributed by atoms with Crippen LogP contribution in [0.4, 0.5) is 0 Å². The normalized spacial score (nSPS) is 36.0. The number of carbonyl (C=O) groups excluding carboxylic acids is 4. The summed E-state index contributed by atoms with van der Waals surface area (Å²) in [6.45, 7) is 7.10. The lowest BCUT2D eigenvalue weighted by Gasteiger charge is -2.37. The van der Waals surface area contributed by atoms with E-state index in [9.17, 15) is 19.2 Å². The molecular weight excluding hydrogens is 450 g/mol. The smallest absolute Gasteiger partial charge is 0.243 e. The van der Waals surface area contributed by atoms with Gasteiger partial charge in [0, 0.05) is 12.5 Å². The molecule has 3 aliphatic heterocycles. The van der Waals surface area contributed by atoms with E-state index in [0.29, 0.717) is 32.1 Å². The second-order valence-electron chi connectivity index (χ2n) is 12.3. The van der Waals surface area contributed by atoms with E-state index in [4.69, 9.17) is 16.2 Å². The van der Waals surface area contributed by atoms with Gasteiger partial charge in [-0.3, -0.25) is 19.2 Å². The maximum absolute atomic E-state index is 13.7. The first-order chi connectivity index (χ1) is 16.4. The van der Waals surface area contributed by atoms with Gasteiger partial charge in [0.25, 0.3) is 0 Å². The Morgan fingerprint density at radius 3 is 2.51 bits per heavy atom. The lowest BCUT2D eigenvalue weighted by Crippen LogP contribution is -2.58. The van der Waals surface area contributed by atoms with E-state index >= 15 is 0 Å². The van der Waals surface area contributed by atoms with Crippen LogP contribution in [0.15, 0.2) is 12.2 Å². The van der Waals surface area contributed by atoms with Crippen molar-refractivity contribution in [2.75, 3.05) is 19.8 Å². The summed E-state index contributed by atoms with van der Waals surface area (Å²) in [6, 6.07) is -2.47. The molecule has 0 aromatic rings. The average molecular weight is 488 g/mol. The number of likely N-dealkylation sites (tertiary alicyclic amines) is 1. The van der Waals surface area contributed by atoms with Crippen LogP contribution in [0, 0.1) is 35.0 Å². The van der Waals surface area contributed by atoms with Gasteiger partial charge in [-0.25, -0.2) is 0 Å². The van der Waals surface area contributed by atoms with Gasteiger partial charge in [0.2, 0.25) is 23.6 Å². The number of rotatable bonds is 6. The number of nitrogens with one attached hydrogen (secondary N) is 2. The summed E-state index contributed by atoms with van der Waals surface area (Å²) in [5, 5.41) is 5.78. The fourth-order valence-corrected chi connectivity index (χ4v) is 6.82. The molecule has 1 saturated carbocycles. The summed E-state index contributed by atoms with van der Waals surface area (Å²) in [6.07, 6.45) is 6.00. The highest BCUT2D eigenvalue weighted by Gasteiger charge is 2.59. The minimum Gasteiger partial charge on any atom is -0.376 e. The van der Waals surface area contributed by atoms with Crippen molar-refractivity contribution >= 4 is 23.6 Å². The van der Waals surface area contributed by atoms with E-state index in [1.54, 1.807) is 4.90 Å². The fraction of sp³-hybridized carbons (Fsp3) is 0.760. The van der Waals surface area contributed by atoms with Crippen molar-refractivity contribution in [3.05, 3.63) is 12.2 Å². The van der Waals surface area contributed by atoms with Crippen molar-refractivity contribution < 1.29 is 23.9 Å². The molecule has 1 unspecified atom stereocenters. The molecule has 2 bridgehead atoms. The summed E-state index contributed by atoms with van der Waals surface area (Å²) in [5.41, 5.74) is 11.2. The van der Waals surface area contributed by atoms with Crippen LogP contribution in [-0.2, 0) is 23.9 Å². The highest BCUT2D eigenvalue weighted by atomic mass is 16.5. The number of ether oxygens (including phenoxy) is 1. The summed E-state index contributed by atoms with van der Waals surface area (Å²) >= 11 is 0. The molecule has 3 heterocycles. The van der Waals surface area contributed by atoms with E-state index in [-0.39, 0.29) is 41.5 Å². The lowest BCUT2D eigenvalue weighted by molar-refractivity contribution is -0.143. The van der Waals surface area contributed by atoms with Crippen LogP contribution in [-0.4, -0.2) is 72.0 Å². The second kappa shape index (κ2) is 8.30. The summed E-state index contributed by atoms with van der Waals surface area (Å²) < 4.78 is 5.25. The topological polar surface area (TPSA) is 157 Å². The van der Waals surface area contributed by atoms with Gasteiger partial charge < -0.3 is 31.7 Å². The van der Waals surface area contributed by atoms with Crippen LogP contribution in [0.1, 0.15) is 40.0 Å². The first-order valence-electron chi connectivity index (χ1n) is 12.6. The number of carbonyl (C=O) groups is 4. The zero-order valence-electron chi connectivity index (χ0n) is 20.7. The molecular formula is C25H37N5O5. The molecule has 1 spiro atoms. The van der Waals surface area contributed by atoms with E-state index < -0.39 is 41.3 Å². The van der Waals surface area contributed by atoms with Crippen LogP contribution in [0.5, 0.6) is 0 Å². The van der Waals surface area contributed by atoms with E-state index in [2.05, 4.69) is 22.8 Å². The maximum Gasteiger partial charge on any atom is 0.243 e. The first-order valence-corrected chi connectivity index (χ1v) is 12.6. The van der Waals surface area contributed by atoms with Crippen LogP contribution in [0.2, 0.25) is 0 Å². The number of nitrogens with zero attached hydrogens (tertiary/aromatic N) is 1. The SMILES string of the molecule is CC(C)(C)[C@H](N)C(=O)N1C[C@H]2[C@@H]([C@H]1C(=O)N[C@@H](CC1CC3(COC3)NC1=O)C(N)=O)[C@H]1C=C[C@@H]2C1. The highest BCUT2D eigenvalue weighted by Crippen LogP contribution is 2.54. The Bertz CT molecular complexity index is 970. The van der Waals surface area contributed by atoms with Crippen LogP contribution in [0.3, 0.4) is 0 Å². The van der Waals surface area contributed by atoms with Crippen molar-refractivity contribution in [2.24, 2.45) is 46.5 Å². The van der Waals surface area contributed by atoms with Crippen molar-refractivity contribution in [3.8, 4) is 0 Å². The van der Waals surface area contributed by atoms with Gasteiger partial charge in [-0.05, 0) is 48.3 Å². The molecule has 35 heavy (non-hydrogen) atoms. The first kappa shape index (κ1) is 24.2. The number of allylic oxidation sites excluding steroid dienone is 2. The third-order valence-electron chi connectivity index (χ3n) is 8.88. The zero-order chi connectivity index (χ0) is 25.3. The largest absolute Gasteiger partial charge is 0.376 e. The van der Waals surface area contributed by atoms with E-state index in [0.717, 1.165) is 6.42 Å². The monoisotopic (exact) mass is 487 g/mol. The summed E-state index contributed by atoms with van der Waals surface area (Å²) in [5.74, 6) is -1.17. The zero-order valence-corrected chi connectivity index (χ0v) is 20.7. The predicted octanol–water partition coefficient (Wildman–Crippen LogP) is -0.726. The summed E-state index contributed by atoms with van der Waals surface area (Å²) in [4.78, 5) is 53.7. The molecule has 2 aliphatic carbocycles. The van der Waals surface area contributed by atoms with Crippen molar-refractivity contribution in [3.63, 3.8) is 0 Å². The van der Waals surface area contributed by atoms with Gasteiger partial charge >= 0.3 is 0 Å². The van der Waals surface area contributed by atoms with Gasteiger partial charge in [-0.1, -0.05) is 32.9 Å². The van der Waals surface area contributed by atoms with Gasteiger partial charge in [0.1, 0.15) is 12.1 Å². The van der Waals surface area contributed by atoms with Crippen LogP contribution in [0.25, 0.3) is 0 Å². The Kier molecular flexibility index (Phi) is 5.75. The summed E-state index contributed by atoms with van der Waals surface area (Å²) in [7, 11) is 0. The Hall–Kier alpha value is -2.46. The molecule has 6 N–H and O–H groups in total. The molecule has 4 amide bonds. The molecule has 5 aliphatic rings. The number of primary amides is 1. The van der Waals surface area contributed by atoms with Gasteiger partial charge in [-0.2, -0.15) is 0 Å². The second-order valence-corrected chi connectivity index (χ2v) is 12.3. The maximum atomic E-state index is 13.7. The molecule has 5 rings (SSSR count). The standard InChI is InChI=1S/C25H37N5O5/c1-24(2,3)19(26)23(34)30-9-15-12-4-5-13(6-12)17(15)18(30)22(33)28-16(20(27)31)7-14-8-25(10-35-11-25)29-21(14)32/h4-5,12-19H,6-11,26H2,1-3H3,(H2,27,31)(H,28,33)(H,29,32)/t12-,13+,14?,15-,16+,17+,18+,19-/m1/s1. The number of amides is 4. The molecule has 10 heteroatoms. The molecule has 8 atom stereocenters. The van der Waals surface area contributed by atoms with Crippen LogP contribution < -0.4 is 22.1 Å². The lowest BCUT2D eigenvalue weighted by atomic mass is 9.81. The molecule has 3 saturated heterocycles. The highest BCUT2D eigenvalue weighted by molar-refractivity contribution is 5.94. The van der Waals surface area contributed by atoms with Gasteiger partial charge in [0.05, 0.1) is 24.8 Å². The molecule has 0 aromatic heterocycles. The molecule has 10 nitrogen and oxygen atoms in total. The Morgan fingerprint density at radius 2 is 1.94 bits per heavy atom. The van der Waals surface area contributed by atoms with Crippen molar-refractivity contribution in [1.82, 2.24) is 15.5 Å². The van der Waals surface area contributed by atoms with Gasteiger partial charge in [0.15, 0.2) is 0 Å². The van der Waals surface area contributed by atoms with Crippen molar-refractivity contribution in [2.45, 2.75) is 63.7 Å². The Morgan fingerprint density at radius 1 is 1.26 bits per heavy atom. The molecule has 0 radical (unpaired) electrons. The number of hydrogen-bond donors (Lipinski definition) is 4. The third kappa shape index (κ3) is 4.04. The Balaban J connectivity index is 1.34. The number of hydrogen-bond acceptors (Lipinski definition) is 6. The minimum atomic E-state index is -1.00. The number of fused-ring (bicyclic) bond motifs is 5. The molecule has 0 aromatic carbocycles. The Labute approximate surface area is 205 Å². The number of nitrogens with two attached hydrogens (primary N) is 2. The third-order valence-corrected chi connectivity index (χ3v) is 8.88. The quantitative estimate of drug-likeness (QED) is 0.362. The minimum absolute atomic E-state index is 0.0141. The molecule has 4 fully saturated rings. The predicted molar refractivity (Wildman–Crippen MR) is 126 cm³/mol. The van der Waals surface area contributed by atoms with Gasteiger partial charge in [-0.15, -0.1) is 0 Å². The van der Waals surface area contributed by atoms with E-state index in [1.807, 2.05) is 20.8 Å². The fourth-order valence-electron chi connectivity index (χ4n) is 6.82. The van der Waals surface area contributed by atoms with E-state index in [1.165, 1.54) is 0 Å². The average Bonchev–Trinajstić information content (AvgIpc) is 3.51. The molecule has 192 valence electrons. The van der Waals surface area contributed by atoms with Crippen molar-refractivity contribution in [1.29, 1.82) is 0 Å². The van der Waals surface area contributed by atoms with Crippen LogP contribution >= 0.6 is 0 Å².